The molecule has 0 spiro atoms. The highest BCUT2D eigenvalue weighted by molar-refractivity contribution is 7.89. The van der Waals surface area contributed by atoms with Gasteiger partial charge in [0.1, 0.15) is 5.60 Å². The Morgan fingerprint density at radius 2 is 1.62 bits per heavy atom. The molecule has 2 atom stereocenters. The first-order valence-corrected chi connectivity index (χ1v) is 13.7. The van der Waals surface area contributed by atoms with Gasteiger partial charge >= 0.3 is 6.09 Å². The second-order valence-electron chi connectivity index (χ2n) is 8.73. The number of carbonyl (C=O) groups is 1. The van der Waals surface area contributed by atoms with Gasteiger partial charge < -0.3 is 10.1 Å². The van der Waals surface area contributed by atoms with Gasteiger partial charge in [-0.3, -0.25) is 4.18 Å². The highest BCUT2D eigenvalue weighted by Gasteiger charge is 2.29. The molecular weight excluding hydrogens is 480 g/mol. The van der Waals surface area contributed by atoms with Crippen LogP contribution in [-0.4, -0.2) is 53.6 Å². The topological polar surface area (TPSA) is 128 Å². The molecule has 0 aliphatic carbocycles. The molecule has 0 aromatic heterocycles. The van der Waals surface area contributed by atoms with Crippen LogP contribution in [0.4, 0.5) is 4.79 Å². The molecule has 186 valence electrons. The average molecular weight is 511 g/mol. The minimum atomic E-state index is -4.16. The van der Waals surface area contributed by atoms with Crippen LogP contribution in [0.5, 0.6) is 0 Å². The number of hydrogen-bond donors (Lipinski definition) is 1. The molecule has 0 radical (unpaired) electrons. The first kappa shape index (κ1) is 27.5. The van der Waals surface area contributed by atoms with E-state index in [1.807, 2.05) is 6.92 Å². The number of nitrogens with one attached hydrogen (secondary N) is 1. The molecule has 1 unspecified atom stereocenters. The Labute approximate surface area is 201 Å². The lowest BCUT2D eigenvalue weighted by molar-refractivity contribution is 0.0485. The fourth-order valence-corrected chi connectivity index (χ4v) is 4.19. The van der Waals surface area contributed by atoms with Gasteiger partial charge in [-0.15, -0.1) is 0 Å². The van der Waals surface area contributed by atoms with Crippen LogP contribution in [0, 0.1) is 6.92 Å². The van der Waals surface area contributed by atoms with Gasteiger partial charge in [0.2, 0.25) is 10.0 Å². The normalized spacial score (nSPS) is 14.5. The van der Waals surface area contributed by atoms with Crippen molar-refractivity contribution in [3.05, 3.63) is 65.7 Å². The van der Waals surface area contributed by atoms with Crippen molar-refractivity contribution in [2.45, 2.75) is 50.2 Å². The van der Waals surface area contributed by atoms with Gasteiger partial charge in [0.25, 0.3) is 10.1 Å². The molecular formula is C23H30N2O7S2. The Bertz CT molecular complexity index is 1200. The molecule has 2 rings (SSSR count). The molecule has 0 bridgehead atoms. The van der Waals surface area contributed by atoms with Crippen molar-refractivity contribution in [1.29, 1.82) is 0 Å². The summed E-state index contributed by atoms with van der Waals surface area (Å²) < 4.78 is 63.1. The lowest BCUT2D eigenvalue weighted by Crippen LogP contribution is -2.45. The molecule has 0 fully saturated rings. The van der Waals surface area contributed by atoms with Crippen LogP contribution in [0.25, 0.3) is 0 Å². The summed E-state index contributed by atoms with van der Waals surface area (Å²) in [6.45, 7) is 6.37. The highest BCUT2D eigenvalue weighted by atomic mass is 32.2. The standard InChI is InChI=1S/C23H30N2O7S2/c1-17-11-13-19(14-12-17)34(29,30)31-16-21(25-22(26)32-23(2,3)4)20(15-24-33(5,27)28)18-9-7-6-8-10-18/h6-15,20-21H,16H2,1-5H3,(H,25,26)/t20?,21-/m1/s1. The van der Waals surface area contributed by atoms with E-state index in [1.54, 1.807) is 63.2 Å². The summed E-state index contributed by atoms with van der Waals surface area (Å²) in [6.07, 6.45) is 1.26. The Kier molecular flexibility index (Phi) is 8.98. The third-order valence-corrected chi connectivity index (χ3v) is 6.25. The third-order valence-electron chi connectivity index (χ3n) is 4.45. The van der Waals surface area contributed by atoms with Gasteiger partial charge in [0, 0.05) is 12.1 Å². The SMILES string of the molecule is Cc1ccc(S(=O)(=O)OC[C@@H](NC(=O)OC(C)(C)C)C(C=NS(C)(=O)=O)c2ccccc2)cc1. The average Bonchev–Trinajstić information content (AvgIpc) is 2.71. The van der Waals surface area contributed by atoms with E-state index >= 15 is 0 Å². The van der Waals surface area contributed by atoms with Crippen molar-refractivity contribution < 1.29 is 30.6 Å². The van der Waals surface area contributed by atoms with E-state index < -0.39 is 50.4 Å². The monoisotopic (exact) mass is 510 g/mol. The van der Waals surface area contributed by atoms with Crippen LogP contribution in [-0.2, 0) is 29.1 Å². The molecule has 1 N–H and O–H groups in total. The quantitative estimate of drug-likeness (QED) is 0.404. The second-order valence-corrected chi connectivity index (χ2v) is 12.0. The van der Waals surface area contributed by atoms with Crippen LogP contribution < -0.4 is 5.32 Å². The molecule has 1 amide bonds. The van der Waals surface area contributed by atoms with Gasteiger partial charge in [-0.05, 0) is 45.4 Å². The van der Waals surface area contributed by atoms with E-state index in [4.69, 9.17) is 8.92 Å². The van der Waals surface area contributed by atoms with Gasteiger partial charge in [0.05, 0.1) is 23.8 Å². The maximum Gasteiger partial charge on any atom is 0.407 e. The number of aryl methyl sites for hydroxylation is 1. The van der Waals surface area contributed by atoms with E-state index in [1.165, 1.54) is 12.1 Å². The predicted octanol–water partition coefficient (Wildman–Crippen LogP) is 3.41. The van der Waals surface area contributed by atoms with Crippen molar-refractivity contribution in [2.24, 2.45) is 4.40 Å². The summed E-state index contributed by atoms with van der Waals surface area (Å²) in [4.78, 5) is 12.5. The molecule has 0 saturated carbocycles. The summed E-state index contributed by atoms with van der Waals surface area (Å²) in [7, 11) is -7.90. The lowest BCUT2D eigenvalue weighted by atomic mass is 9.93. The van der Waals surface area contributed by atoms with Gasteiger partial charge in [-0.25, -0.2) is 13.2 Å². The van der Waals surface area contributed by atoms with Crippen molar-refractivity contribution in [1.82, 2.24) is 5.32 Å². The number of alkyl carbamates (subject to hydrolysis) is 1. The summed E-state index contributed by atoms with van der Waals surface area (Å²) in [6, 6.07) is 13.7. The lowest BCUT2D eigenvalue weighted by Gasteiger charge is -2.27. The molecule has 9 nitrogen and oxygen atoms in total. The first-order chi connectivity index (χ1) is 15.7. The smallest absolute Gasteiger partial charge is 0.407 e. The van der Waals surface area contributed by atoms with Gasteiger partial charge in [0.15, 0.2) is 0 Å². The number of hydrogen-bond acceptors (Lipinski definition) is 7. The van der Waals surface area contributed by atoms with Crippen molar-refractivity contribution in [3.63, 3.8) is 0 Å². The van der Waals surface area contributed by atoms with Crippen LogP contribution in [0.2, 0.25) is 0 Å². The molecule has 0 heterocycles. The van der Waals surface area contributed by atoms with E-state index in [2.05, 4.69) is 9.71 Å². The highest BCUT2D eigenvalue weighted by Crippen LogP contribution is 2.22. The Morgan fingerprint density at radius 3 is 2.15 bits per heavy atom. The predicted molar refractivity (Wildman–Crippen MR) is 130 cm³/mol. The summed E-state index contributed by atoms with van der Waals surface area (Å²) in [5.74, 6) is -0.836. The van der Waals surface area contributed by atoms with E-state index in [9.17, 15) is 21.6 Å². The molecule has 2 aromatic carbocycles. The maximum absolute atomic E-state index is 12.7. The number of rotatable bonds is 9. The number of nitrogens with zero attached hydrogens (tertiary/aromatic N) is 1. The third kappa shape index (κ3) is 9.24. The van der Waals surface area contributed by atoms with E-state index in [-0.39, 0.29) is 4.90 Å². The summed E-state index contributed by atoms with van der Waals surface area (Å²) in [5.41, 5.74) is 0.656. The van der Waals surface area contributed by atoms with Gasteiger partial charge in [-0.2, -0.15) is 12.8 Å². The number of carbonyl (C=O) groups excluding carboxylic acids is 1. The number of benzene rings is 2. The Morgan fingerprint density at radius 1 is 1.03 bits per heavy atom. The van der Waals surface area contributed by atoms with Crippen LogP contribution >= 0.6 is 0 Å². The molecule has 11 heteroatoms. The van der Waals surface area contributed by atoms with Crippen LogP contribution in [0.1, 0.15) is 37.8 Å². The maximum atomic E-state index is 12.7. The Balaban J connectivity index is 2.41. The fourth-order valence-electron chi connectivity index (χ4n) is 2.90. The Hall–Kier alpha value is -2.76. The molecule has 2 aromatic rings. The summed E-state index contributed by atoms with van der Waals surface area (Å²) >= 11 is 0. The number of sulfonamides is 1. The largest absolute Gasteiger partial charge is 0.444 e. The second kappa shape index (κ2) is 11.1. The fraction of sp³-hybridized carbons (Fsp3) is 0.391. The van der Waals surface area contributed by atoms with Gasteiger partial charge in [-0.1, -0.05) is 48.0 Å². The molecule has 0 aliphatic rings. The van der Waals surface area contributed by atoms with Crippen molar-refractivity contribution >= 4 is 32.4 Å². The molecule has 34 heavy (non-hydrogen) atoms. The number of ether oxygens (including phenoxy) is 1. The first-order valence-electron chi connectivity index (χ1n) is 10.4. The summed E-state index contributed by atoms with van der Waals surface area (Å²) in [5, 5.41) is 2.60. The molecule has 0 saturated heterocycles. The van der Waals surface area contributed by atoms with E-state index in [0.717, 1.165) is 18.0 Å². The van der Waals surface area contributed by atoms with Crippen LogP contribution in [0.3, 0.4) is 0 Å². The zero-order chi connectivity index (χ0) is 25.6. The molecule has 0 aliphatic heterocycles. The van der Waals surface area contributed by atoms with Crippen LogP contribution in [0.15, 0.2) is 63.9 Å². The van der Waals surface area contributed by atoms with Crippen molar-refractivity contribution in [3.8, 4) is 0 Å². The minimum Gasteiger partial charge on any atom is -0.444 e. The number of amides is 1. The minimum absolute atomic E-state index is 0.0461. The zero-order valence-corrected chi connectivity index (χ0v) is 21.4. The van der Waals surface area contributed by atoms with Crippen molar-refractivity contribution in [2.75, 3.05) is 12.9 Å². The van der Waals surface area contributed by atoms with E-state index in [0.29, 0.717) is 5.56 Å². The zero-order valence-electron chi connectivity index (χ0n) is 19.8.